The quantitative estimate of drug-likeness (QED) is 0.546. The summed E-state index contributed by atoms with van der Waals surface area (Å²) >= 11 is 0. The highest BCUT2D eigenvalue weighted by Gasteiger charge is 2.48. The standard InChI is InChI=1S/C29H41FN2O3/c1-18(2)26(33)25(20-8-6-5-7-9-20)31-27(34)23-11-10-21(17-24(23)30)22-12-15-32(19(3)16-22)28(35)29(4)13-14-29/h10-11,17-20,22,25H,5-9,12-16H2,1-4H3,(H,31,34)/t19-,22?,25-/m1/s1. The molecule has 3 atom stereocenters. The maximum Gasteiger partial charge on any atom is 0.254 e. The van der Waals surface area contributed by atoms with E-state index in [9.17, 15) is 14.4 Å². The number of benzene rings is 1. The van der Waals surface area contributed by atoms with Gasteiger partial charge in [-0.3, -0.25) is 14.4 Å². The number of likely N-dealkylation sites (tertiary alicyclic amines) is 1. The molecule has 35 heavy (non-hydrogen) atoms. The van der Waals surface area contributed by atoms with Crippen molar-refractivity contribution in [2.45, 2.75) is 103 Å². The van der Waals surface area contributed by atoms with E-state index in [-0.39, 0.29) is 46.5 Å². The van der Waals surface area contributed by atoms with Gasteiger partial charge in [-0.25, -0.2) is 4.39 Å². The SMILES string of the molecule is CC(C)C(=O)[C@H](NC(=O)c1ccc(C2CCN(C(=O)C3(C)CC3)[C@H](C)C2)cc1F)C1CCCCC1. The van der Waals surface area contributed by atoms with E-state index < -0.39 is 17.8 Å². The van der Waals surface area contributed by atoms with Crippen molar-refractivity contribution in [1.29, 1.82) is 0 Å². The average molecular weight is 485 g/mol. The largest absolute Gasteiger partial charge is 0.342 e. The summed E-state index contributed by atoms with van der Waals surface area (Å²) in [7, 11) is 0. The fourth-order valence-corrected chi connectivity index (χ4v) is 5.96. The van der Waals surface area contributed by atoms with Crippen molar-refractivity contribution in [3.05, 3.63) is 35.1 Å². The van der Waals surface area contributed by atoms with Crippen LogP contribution in [0.2, 0.25) is 0 Å². The Morgan fingerprint density at radius 1 is 1.09 bits per heavy atom. The number of carbonyl (C=O) groups excluding carboxylic acids is 3. The zero-order chi connectivity index (χ0) is 25.3. The molecule has 2 aliphatic carbocycles. The molecule has 6 heteroatoms. The normalized spacial score (nSPS) is 25.3. The number of piperidine rings is 1. The Labute approximate surface area is 209 Å². The van der Waals surface area contributed by atoms with Crippen molar-refractivity contribution < 1.29 is 18.8 Å². The summed E-state index contributed by atoms with van der Waals surface area (Å²) in [6.45, 7) is 8.51. The molecule has 0 radical (unpaired) electrons. The first-order valence-corrected chi connectivity index (χ1v) is 13.6. The van der Waals surface area contributed by atoms with Gasteiger partial charge in [0, 0.05) is 23.9 Å². The van der Waals surface area contributed by atoms with Gasteiger partial charge in [0.2, 0.25) is 5.91 Å². The lowest BCUT2D eigenvalue weighted by molar-refractivity contribution is -0.140. The zero-order valence-corrected chi connectivity index (χ0v) is 21.7. The molecular formula is C29H41FN2O3. The molecular weight excluding hydrogens is 443 g/mol. The van der Waals surface area contributed by atoms with Crippen molar-refractivity contribution >= 4 is 17.6 Å². The monoisotopic (exact) mass is 484 g/mol. The van der Waals surface area contributed by atoms with Gasteiger partial charge in [0.15, 0.2) is 5.78 Å². The van der Waals surface area contributed by atoms with Gasteiger partial charge in [-0.2, -0.15) is 0 Å². The molecule has 0 spiro atoms. The summed E-state index contributed by atoms with van der Waals surface area (Å²) in [6, 6.07) is 4.44. The summed E-state index contributed by atoms with van der Waals surface area (Å²) in [5.41, 5.74) is 0.695. The van der Waals surface area contributed by atoms with Gasteiger partial charge < -0.3 is 10.2 Å². The molecule has 5 nitrogen and oxygen atoms in total. The van der Waals surface area contributed by atoms with Crippen LogP contribution < -0.4 is 5.32 Å². The lowest BCUT2D eigenvalue weighted by Crippen LogP contribution is -2.48. The van der Waals surface area contributed by atoms with Crippen LogP contribution in [0, 0.1) is 23.1 Å². The van der Waals surface area contributed by atoms with E-state index in [0.29, 0.717) is 6.54 Å². The number of ketones is 1. The molecule has 1 aromatic rings. The topological polar surface area (TPSA) is 66.5 Å². The molecule has 0 aromatic heterocycles. The predicted octanol–water partition coefficient (Wildman–Crippen LogP) is 5.62. The molecule has 1 aliphatic heterocycles. The van der Waals surface area contributed by atoms with Crippen molar-refractivity contribution in [3.63, 3.8) is 0 Å². The second-order valence-electron chi connectivity index (χ2n) is 11.8. The van der Waals surface area contributed by atoms with E-state index in [1.54, 1.807) is 6.07 Å². The first-order valence-electron chi connectivity index (χ1n) is 13.6. The van der Waals surface area contributed by atoms with Crippen LogP contribution in [0.4, 0.5) is 4.39 Å². The minimum absolute atomic E-state index is 0.00608. The Hall–Kier alpha value is -2.24. The minimum Gasteiger partial charge on any atom is -0.342 e. The van der Waals surface area contributed by atoms with Crippen molar-refractivity contribution in [3.8, 4) is 0 Å². The van der Waals surface area contributed by atoms with Crippen LogP contribution in [-0.4, -0.2) is 41.1 Å². The van der Waals surface area contributed by atoms with Crippen LogP contribution in [0.25, 0.3) is 0 Å². The molecule has 1 saturated heterocycles. The van der Waals surface area contributed by atoms with Crippen molar-refractivity contribution in [2.75, 3.05) is 6.54 Å². The van der Waals surface area contributed by atoms with E-state index in [1.807, 2.05) is 31.7 Å². The second-order valence-corrected chi connectivity index (χ2v) is 11.8. The van der Waals surface area contributed by atoms with Gasteiger partial charge in [-0.15, -0.1) is 0 Å². The lowest BCUT2D eigenvalue weighted by atomic mass is 9.80. The molecule has 1 aromatic carbocycles. The third kappa shape index (κ3) is 5.62. The molecule has 4 rings (SSSR count). The summed E-state index contributed by atoms with van der Waals surface area (Å²) in [5, 5.41) is 2.90. The van der Waals surface area contributed by atoms with Gasteiger partial charge in [0.25, 0.3) is 5.91 Å². The fourth-order valence-electron chi connectivity index (χ4n) is 5.96. The lowest BCUT2D eigenvalue weighted by Gasteiger charge is -2.39. The molecule has 1 N–H and O–H groups in total. The predicted molar refractivity (Wildman–Crippen MR) is 135 cm³/mol. The first kappa shape index (κ1) is 25.8. The molecule has 2 saturated carbocycles. The summed E-state index contributed by atoms with van der Waals surface area (Å²) in [4.78, 5) is 40.7. The molecule has 0 bridgehead atoms. The highest BCUT2D eigenvalue weighted by molar-refractivity contribution is 5.98. The minimum atomic E-state index is -0.557. The third-order valence-corrected chi connectivity index (χ3v) is 8.65. The van der Waals surface area contributed by atoms with E-state index in [0.717, 1.165) is 63.4 Å². The maximum atomic E-state index is 15.2. The highest BCUT2D eigenvalue weighted by atomic mass is 19.1. The van der Waals surface area contributed by atoms with Crippen molar-refractivity contribution in [1.82, 2.24) is 10.2 Å². The van der Waals surface area contributed by atoms with Gasteiger partial charge in [-0.05, 0) is 75.0 Å². The number of hydrogen-bond acceptors (Lipinski definition) is 3. The Kier molecular flexibility index (Phi) is 7.68. The van der Waals surface area contributed by atoms with Gasteiger partial charge in [-0.1, -0.05) is 46.1 Å². The Balaban J connectivity index is 1.43. The highest BCUT2D eigenvalue weighted by Crippen LogP contribution is 2.48. The number of hydrogen-bond donors (Lipinski definition) is 1. The summed E-state index contributed by atoms with van der Waals surface area (Å²) in [5.74, 6) is -0.678. The number of carbonyl (C=O) groups is 3. The van der Waals surface area contributed by atoms with Crippen LogP contribution >= 0.6 is 0 Å². The smallest absolute Gasteiger partial charge is 0.254 e. The number of halogens is 1. The van der Waals surface area contributed by atoms with Gasteiger partial charge in [0.1, 0.15) is 5.82 Å². The van der Waals surface area contributed by atoms with Crippen LogP contribution in [0.15, 0.2) is 18.2 Å². The fraction of sp³-hybridized carbons (Fsp3) is 0.690. The molecule has 1 unspecified atom stereocenters. The van der Waals surface area contributed by atoms with Crippen LogP contribution in [0.1, 0.15) is 107 Å². The van der Waals surface area contributed by atoms with E-state index in [2.05, 4.69) is 12.2 Å². The average Bonchev–Trinajstić information content (AvgIpc) is 3.60. The molecule has 2 amide bonds. The van der Waals surface area contributed by atoms with E-state index in [1.165, 1.54) is 6.07 Å². The number of nitrogens with one attached hydrogen (secondary N) is 1. The zero-order valence-electron chi connectivity index (χ0n) is 21.7. The molecule has 3 fully saturated rings. The van der Waals surface area contributed by atoms with Crippen LogP contribution in [0.3, 0.4) is 0 Å². The molecule has 3 aliphatic rings. The first-order chi connectivity index (χ1) is 16.6. The Morgan fingerprint density at radius 3 is 2.34 bits per heavy atom. The number of amides is 2. The molecule has 1 heterocycles. The van der Waals surface area contributed by atoms with Gasteiger partial charge >= 0.3 is 0 Å². The maximum absolute atomic E-state index is 15.2. The number of rotatable bonds is 7. The third-order valence-electron chi connectivity index (χ3n) is 8.65. The summed E-state index contributed by atoms with van der Waals surface area (Å²) in [6.07, 6.45) is 8.65. The summed E-state index contributed by atoms with van der Waals surface area (Å²) < 4.78 is 15.2. The van der Waals surface area contributed by atoms with Crippen LogP contribution in [0.5, 0.6) is 0 Å². The Bertz CT molecular complexity index is 965. The van der Waals surface area contributed by atoms with E-state index in [4.69, 9.17) is 0 Å². The molecule has 192 valence electrons. The number of Topliss-reactive ketones (excluding diaryl/α,β-unsaturated/α-hetero) is 1. The van der Waals surface area contributed by atoms with Crippen molar-refractivity contribution in [2.24, 2.45) is 17.3 Å². The van der Waals surface area contributed by atoms with Crippen LogP contribution in [-0.2, 0) is 9.59 Å². The number of nitrogens with zero attached hydrogens (tertiary/aromatic N) is 1. The second kappa shape index (κ2) is 10.4. The Morgan fingerprint density at radius 2 is 1.77 bits per heavy atom. The van der Waals surface area contributed by atoms with E-state index >= 15 is 4.39 Å². The van der Waals surface area contributed by atoms with Gasteiger partial charge in [0.05, 0.1) is 11.6 Å².